The summed E-state index contributed by atoms with van der Waals surface area (Å²) in [5.41, 5.74) is 5.62. The van der Waals surface area contributed by atoms with Gasteiger partial charge in [-0.2, -0.15) is 0 Å². The highest BCUT2D eigenvalue weighted by Crippen LogP contribution is 2.21. The molecule has 0 aliphatic rings. The summed E-state index contributed by atoms with van der Waals surface area (Å²) in [6.45, 7) is 2.04. The molecule has 0 amide bonds. The molecule has 1 atom stereocenters. The third-order valence-electron chi connectivity index (χ3n) is 3.35. The maximum absolute atomic E-state index is 13.8. The van der Waals surface area contributed by atoms with Gasteiger partial charge in [0.2, 0.25) is 0 Å². The van der Waals surface area contributed by atoms with Crippen LogP contribution in [0, 0.1) is 12.7 Å². The summed E-state index contributed by atoms with van der Waals surface area (Å²) >= 11 is 6.05. The van der Waals surface area contributed by atoms with Crippen molar-refractivity contribution in [2.45, 2.75) is 25.8 Å². The van der Waals surface area contributed by atoms with Gasteiger partial charge in [0.15, 0.2) is 0 Å². The molecule has 106 valence electrons. The molecule has 0 heterocycles. The monoisotopic (exact) mass is 292 g/mol. The average Bonchev–Trinajstić information content (AvgIpc) is 2.44. The Kier molecular flexibility index (Phi) is 5.12. The second kappa shape index (κ2) is 6.84. The van der Waals surface area contributed by atoms with Gasteiger partial charge in [-0.1, -0.05) is 47.5 Å². The van der Waals surface area contributed by atoms with Crippen LogP contribution in [0.15, 0.2) is 42.5 Å². The SMILES string of the molecule is Cc1ccc(CC(Cc2c(F)cccc2Cl)NN)cc1. The topological polar surface area (TPSA) is 38.0 Å². The van der Waals surface area contributed by atoms with E-state index in [1.807, 2.05) is 6.92 Å². The number of aryl methyl sites for hydroxylation is 1. The van der Waals surface area contributed by atoms with Gasteiger partial charge in [-0.05, 0) is 37.5 Å². The second-order valence-electron chi connectivity index (χ2n) is 4.96. The molecule has 0 bridgehead atoms. The lowest BCUT2D eigenvalue weighted by Gasteiger charge is -2.17. The number of hydrogen-bond acceptors (Lipinski definition) is 2. The summed E-state index contributed by atoms with van der Waals surface area (Å²) in [5, 5.41) is 0.439. The standard InChI is InChI=1S/C16H18ClFN2/c1-11-5-7-12(8-6-11)9-13(20-19)10-14-15(17)3-2-4-16(14)18/h2-8,13,20H,9-10,19H2,1H3. The third kappa shape index (κ3) is 3.79. The van der Waals surface area contributed by atoms with E-state index in [-0.39, 0.29) is 11.9 Å². The predicted molar refractivity (Wildman–Crippen MR) is 81.1 cm³/mol. The second-order valence-corrected chi connectivity index (χ2v) is 5.36. The number of benzene rings is 2. The van der Waals surface area contributed by atoms with E-state index in [0.29, 0.717) is 17.0 Å². The first-order chi connectivity index (χ1) is 9.60. The molecule has 0 spiro atoms. The summed E-state index contributed by atoms with van der Waals surface area (Å²) < 4.78 is 13.8. The van der Waals surface area contributed by atoms with Crippen molar-refractivity contribution in [2.75, 3.05) is 0 Å². The molecule has 0 radical (unpaired) electrons. The number of halogens is 2. The molecule has 0 saturated heterocycles. The Balaban J connectivity index is 2.11. The van der Waals surface area contributed by atoms with Crippen LogP contribution in [0.4, 0.5) is 4.39 Å². The number of nitrogens with one attached hydrogen (secondary N) is 1. The Bertz CT molecular complexity index is 549. The van der Waals surface area contributed by atoms with Crippen LogP contribution in [0.3, 0.4) is 0 Å². The van der Waals surface area contributed by atoms with Gasteiger partial charge in [-0.3, -0.25) is 11.3 Å². The van der Waals surface area contributed by atoms with E-state index in [1.165, 1.54) is 11.6 Å². The summed E-state index contributed by atoms with van der Waals surface area (Å²) in [4.78, 5) is 0. The van der Waals surface area contributed by atoms with Crippen molar-refractivity contribution >= 4 is 11.6 Å². The van der Waals surface area contributed by atoms with Gasteiger partial charge in [0.1, 0.15) is 5.82 Å². The molecule has 0 fully saturated rings. The molecular weight excluding hydrogens is 275 g/mol. The predicted octanol–water partition coefficient (Wildman–Crippen LogP) is 3.40. The van der Waals surface area contributed by atoms with Crippen LogP contribution in [0.1, 0.15) is 16.7 Å². The van der Waals surface area contributed by atoms with Crippen molar-refractivity contribution in [3.63, 3.8) is 0 Å². The summed E-state index contributed by atoms with van der Waals surface area (Å²) in [7, 11) is 0. The summed E-state index contributed by atoms with van der Waals surface area (Å²) in [5.74, 6) is 5.29. The fourth-order valence-electron chi connectivity index (χ4n) is 2.17. The number of rotatable bonds is 5. The lowest BCUT2D eigenvalue weighted by atomic mass is 9.98. The largest absolute Gasteiger partial charge is 0.271 e. The van der Waals surface area contributed by atoms with Crippen LogP contribution >= 0.6 is 11.6 Å². The molecule has 1 unspecified atom stereocenters. The number of hydrogen-bond donors (Lipinski definition) is 2. The molecule has 0 saturated carbocycles. The first kappa shape index (κ1) is 15.0. The van der Waals surface area contributed by atoms with Gasteiger partial charge in [0.05, 0.1) is 0 Å². The minimum absolute atomic E-state index is 0.0629. The molecule has 0 aliphatic heterocycles. The van der Waals surface area contributed by atoms with E-state index in [9.17, 15) is 4.39 Å². The zero-order chi connectivity index (χ0) is 14.5. The van der Waals surface area contributed by atoms with Crippen LogP contribution in [0.2, 0.25) is 5.02 Å². The van der Waals surface area contributed by atoms with E-state index in [2.05, 4.69) is 29.7 Å². The molecule has 2 nitrogen and oxygen atoms in total. The summed E-state index contributed by atoms with van der Waals surface area (Å²) in [6.07, 6.45) is 1.18. The quantitative estimate of drug-likeness (QED) is 0.655. The van der Waals surface area contributed by atoms with Crippen molar-refractivity contribution in [1.82, 2.24) is 5.43 Å². The first-order valence-corrected chi connectivity index (χ1v) is 6.92. The molecule has 4 heteroatoms. The van der Waals surface area contributed by atoms with E-state index in [1.54, 1.807) is 12.1 Å². The van der Waals surface area contributed by atoms with Crippen LogP contribution in [-0.2, 0) is 12.8 Å². The maximum atomic E-state index is 13.8. The zero-order valence-electron chi connectivity index (χ0n) is 11.4. The van der Waals surface area contributed by atoms with Gasteiger partial charge in [-0.25, -0.2) is 4.39 Å². The minimum Gasteiger partial charge on any atom is -0.271 e. The zero-order valence-corrected chi connectivity index (χ0v) is 12.1. The van der Waals surface area contributed by atoms with Crippen molar-refractivity contribution < 1.29 is 4.39 Å². The Hall–Kier alpha value is -1.42. The molecule has 2 aromatic rings. The first-order valence-electron chi connectivity index (χ1n) is 6.54. The van der Waals surface area contributed by atoms with Gasteiger partial charge in [0.25, 0.3) is 0 Å². The summed E-state index contributed by atoms with van der Waals surface area (Å²) in [6, 6.07) is 12.9. The van der Waals surface area contributed by atoms with Gasteiger partial charge >= 0.3 is 0 Å². The lowest BCUT2D eigenvalue weighted by Crippen LogP contribution is -2.38. The number of nitrogens with two attached hydrogens (primary N) is 1. The number of hydrazine groups is 1. The van der Waals surface area contributed by atoms with Gasteiger partial charge in [-0.15, -0.1) is 0 Å². The highest BCUT2D eigenvalue weighted by Gasteiger charge is 2.14. The van der Waals surface area contributed by atoms with Crippen LogP contribution < -0.4 is 11.3 Å². The normalized spacial score (nSPS) is 12.4. The van der Waals surface area contributed by atoms with Gasteiger partial charge in [0, 0.05) is 16.6 Å². The molecule has 0 aromatic heterocycles. The van der Waals surface area contributed by atoms with Crippen LogP contribution in [0.5, 0.6) is 0 Å². The van der Waals surface area contributed by atoms with Crippen LogP contribution in [-0.4, -0.2) is 6.04 Å². The fourth-order valence-corrected chi connectivity index (χ4v) is 2.41. The Morgan fingerprint density at radius 1 is 1.15 bits per heavy atom. The van der Waals surface area contributed by atoms with E-state index < -0.39 is 0 Å². The smallest absolute Gasteiger partial charge is 0.127 e. The minimum atomic E-state index is -0.290. The fraction of sp³-hybridized carbons (Fsp3) is 0.250. The molecule has 2 rings (SSSR count). The average molecular weight is 293 g/mol. The van der Waals surface area contributed by atoms with E-state index >= 15 is 0 Å². The molecule has 20 heavy (non-hydrogen) atoms. The van der Waals surface area contributed by atoms with E-state index in [0.717, 1.165) is 12.0 Å². The lowest BCUT2D eigenvalue weighted by molar-refractivity contribution is 0.506. The van der Waals surface area contributed by atoms with Crippen molar-refractivity contribution in [2.24, 2.45) is 5.84 Å². The Morgan fingerprint density at radius 3 is 2.45 bits per heavy atom. The van der Waals surface area contributed by atoms with Gasteiger partial charge < -0.3 is 0 Å². The van der Waals surface area contributed by atoms with Crippen molar-refractivity contribution in [3.05, 3.63) is 70.0 Å². The Labute approximate surface area is 123 Å². The molecule has 0 aliphatic carbocycles. The molecular formula is C16H18ClFN2. The highest BCUT2D eigenvalue weighted by atomic mass is 35.5. The molecule has 3 N–H and O–H groups in total. The highest BCUT2D eigenvalue weighted by molar-refractivity contribution is 6.31. The van der Waals surface area contributed by atoms with Crippen molar-refractivity contribution in [1.29, 1.82) is 0 Å². The van der Waals surface area contributed by atoms with Crippen LogP contribution in [0.25, 0.3) is 0 Å². The third-order valence-corrected chi connectivity index (χ3v) is 3.70. The molecule has 2 aromatic carbocycles. The van der Waals surface area contributed by atoms with E-state index in [4.69, 9.17) is 17.4 Å². The Morgan fingerprint density at radius 2 is 1.85 bits per heavy atom. The maximum Gasteiger partial charge on any atom is 0.127 e. The van der Waals surface area contributed by atoms with Crippen molar-refractivity contribution in [3.8, 4) is 0 Å².